The molecule has 0 spiro atoms. The Morgan fingerprint density at radius 2 is 1.83 bits per heavy atom. The molecule has 0 bridgehead atoms. The number of hydrogen-bond acceptors (Lipinski definition) is 3. The smallest absolute Gasteiger partial charge is 0.317 e. The summed E-state index contributed by atoms with van der Waals surface area (Å²) in [5.41, 5.74) is 4.32. The van der Waals surface area contributed by atoms with Gasteiger partial charge >= 0.3 is 11.8 Å². The first kappa shape index (κ1) is 17.2. The minimum Gasteiger partial charge on any atom is -0.317 e. The summed E-state index contributed by atoms with van der Waals surface area (Å²) in [7, 11) is 0. The molecule has 0 aromatic heterocycles. The van der Waals surface area contributed by atoms with Gasteiger partial charge in [-0.3, -0.25) is 9.59 Å². The number of amides is 2. The summed E-state index contributed by atoms with van der Waals surface area (Å²) in [5.74, 6) is -1.64. The second-order valence-corrected chi connectivity index (χ2v) is 6.02. The molecule has 2 N–H and O–H groups in total. The number of aryl methyl sites for hydroxylation is 1. The van der Waals surface area contributed by atoms with Gasteiger partial charge in [0.05, 0.1) is 6.21 Å². The molecule has 0 saturated heterocycles. The summed E-state index contributed by atoms with van der Waals surface area (Å²) in [6, 6.07) is 12.2. The molecule has 2 amide bonds. The Balaban J connectivity index is 1.92. The molecule has 0 aliphatic heterocycles. The van der Waals surface area contributed by atoms with Gasteiger partial charge in [-0.1, -0.05) is 39.7 Å². The average Bonchev–Trinajstić information content (AvgIpc) is 2.51. The Labute approximate surface area is 146 Å². The molecule has 0 heterocycles. The molecule has 0 aliphatic rings. The first-order valence-electron chi connectivity index (χ1n) is 6.62. The van der Waals surface area contributed by atoms with Crippen LogP contribution in [-0.2, 0) is 9.59 Å². The van der Waals surface area contributed by atoms with E-state index >= 15 is 0 Å². The van der Waals surface area contributed by atoms with Crippen LogP contribution < -0.4 is 10.7 Å². The van der Waals surface area contributed by atoms with E-state index < -0.39 is 11.8 Å². The van der Waals surface area contributed by atoms with Crippen LogP contribution >= 0.6 is 27.5 Å². The largest absolute Gasteiger partial charge is 0.329 e. The van der Waals surface area contributed by atoms with Crippen molar-refractivity contribution >= 4 is 51.2 Å². The van der Waals surface area contributed by atoms with Crippen LogP contribution in [-0.4, -0.2) is 18.0 Å². The van der Waals surface area contributed by atoms with Gasteiger partial charge in [0.15, 0.2) is 0 Å². The third-order valence-corrected chi connectivity index (χ3v) is 3.64. The van der Waals surface area contributed by atoms with Crippen molar-refractivity contribution in [3.05, 3.63) is 63.1 Å². The third kappa shape index (κ3) is 5.19. The maximum atomic E-state index is 11.8. The number of nitrogens with zero attached hydrogens (tertiary/aromatic N) is 1. The Kier molecular flexibility index (Phi) is 5.90. The van der Waals surface area contributed by atoms with Gasteiger partial charge < -0.3 is 5.32 Å². The lowest BCUT2D eigenvalue weighted by Gasteiger charge is -2.07. The van der Waals surface area contributed by atoms with Crippen molar-refractivity contribution in [2.45, 2.75) is 6.92 Å². The first-order chi connectivity index (χ1) is 11.0. The number of hydrazone groups is 1. The van der Waals surface area contributed by atoms with Gasteiger partial charge in [-0.2, -0.15) is 5.10 Å². The van der Waals surface area contributed by atoms with Crippen molar-refractivity contribution in [2.24, 2.45) is 5.10 Å². The molecule has 7 heteroatoms. The normalized spacial score (nSPS) is 10.6. The number of anilines is 1. The second-order valence-electron chi connectivity index (χ2n) is 4.66. The van der Waals surface area contributed by atoms with Crippen molar-refractivity contribution in [3.63, 3.8) is 0 Å². The molecule has 2 aromatic carbocycles. The zero-order chi connectivity index (χ0) is 16.8. The Hall–Kier alpha value is -2.18. The molecule has 0 fully saturated rings. The molecule has 5 nitrogen and oxygen atoms in total. The molecule has 2 rings (SSSR count). The number of rotatable bonds is 3. The van der Waals surface area contributed by atoms with E-state index in [0.717, 1.165) is 15.6 Å². The summed E-state index contributed by atoms with van der Waals surface area (Å²) in [5, 5.41) is 6.87. The monoisotopic (exact) mass is 393 g/mol. The molecule has 118 valence electrons. The highest BCUT2D eigenvalue weighted by Gasteiger charge is 2.13. The zero-order valence-corrected chi connectivity index (χ0v) is 14.5. The highest BCUT2D eigenvalue weighted by atomic mass is 79.9. The van der Waals surface area contributed by atoms with Crippen molar-refractivity contribution in [2.75, 3.05) is 5.32 Å². The minimum atomic E-state index is -0.850. The summed E-state index contributed by atoms with van der Waals surface area (Å²) in [6.45, 7) is 1.83. The van der Waals surface area contributed by atoms with Crippen molar-refractivity contribution in [1.82, 2.24) is 5.43 Å². The Bertz CT molecular complexity index is 760. The lowest BCUT2D eigenvalue weighted by Crippen LogP contribution is -2.32. The van der Waals surface area contributed by atoms with Crippen LogP contribution in [0.4, 0.5) is 5.69 Å². The molecule has 0 unspecified atom stereocenters. The number of halogens is 2. The highest BCUT2D eigenvalue weighted by molar-refractivity contribution is 9.10. The number of carbonyl (C=O) groups is 2. The van der Waals surface area contributed by atoms with E-state index in [-0.39, 0.29) is 0 Å². The maximum absolute atomic E-state index is 11.8. The fourth-order valence-corrected chi connectivity index (χ4v) is 2.31. The predicted molar refractivity (Wildman–Crippen MR) is 94.7 cm³/mol. The molecule has 23 heavy (non-hydrogen) atoms. The molecule has 0 atom stereocenters. The van der Waals surface area contributed by atoms with Gasteiger partial charge in [0.1, 0.15) is 0 Å². The van der Waals surface area contributed by atoms with E-state index in [4.69, 9.17) is 11.6 Å². The Morgan fingerprint density at radius 1 is 1.13 bits per heavy atom. The van der Waals surface area contributed by atoms with Crippen LogP contribution in [0.3, 0.4) is 0 Å². The average molecular weight is 395 g/mol. The molecular formula is C16H13BrClN3O2. The van der Waals surface area contributed by atoms with E-state index in [2.05, 4.69) is 31.8 Å². The standard InChI is InChI=1S/C16H13BrClN3O2/c1-10-8-12(17)4-7-14(10)20-15(22)16(23)21-19-9-11-2-5-13(18)6-3-11/h2-9H,1H3,(H,20,22)(H,21,23). The molecule has 0 aliphatic carbocycles. The van der Waals surface area contributed by atoms with Crippen LogP contribution in [0.5, 0.6) is 0 Å². The van der Waals surface area contributed by atoms with Crippen LogP contribution in [0.15, 0.2) is 52.0 Å². The van der Waals surface area contributed by atoms with Gasteiger partial charge in [-0.25, -0.2) is 5.43 Å². The summed E-state index contributed by atoms with van der Waals surface area (Å²) >= 11 is 9.10. The van der Waals surface area contributed by atoms with Crippen LogP contribution in [0.2, 0.25) is 5.02 Å². The molecule has 2 aromatic rings. The maximum Gasteiger partial charge on any atom is 0.329 e. The van der Waals surface area contributed by atoms with E-state index in [0.29, 0.717) is 10.7 Å². The summed E-state index contributed by atoms with van der Waals surface area (Å²) < 4.78 is 0.894. The fourth-order valence-electron chi connectivity index (χ4n) is 1.71. The van der Waals surface area contributed by atoms with Crippen molar-refractivity contribution in [1.29, 1.82) is 0 Å². The van der Waals surface area contributed by atoms with Crippen molar-refractivity contribution < 1.29 is 9.59 Å². The molecule has 0 saturated carbocycles. The number of carbonyl (C=O) groups excluding carboxylic acids is 2. The van der Waals surface area contributed by atoms with Gasteiger partial charge in [0, 0.05) is 15.2 Å². The minimum absolute atomic E-state index is 0.565. The fraction of sp³-hybridized carbons (Fsp3) is 0.0625. The van der Waals surface area contributed by atoms with Crippen LogP contribution in [0.25, 0.3) is 0 Å². The predicted octanol–water partition coefficient (Wildman–Crippen LogP) is 3.50. The lowest BCUT2D eigenvalue weighted by atomic mass is 10.2. The number of hydrogen-bond donors (Lipinski definition) is 2. The zero-order valence-electron chi connectivity index (χ0n) is 12.1. The third-order valence-electron chi connectivity index (χ3n) is 2.89. The lowest BCUT2D eigenvalue weighted by molar-refractivity contribution is -0.136. The van der Waals surface area contributed by atoms with Gasteiger partial charge in [0.2, 0.25) is 0 Å². The van der Waals surface area contributed by atoms with E-state index in [1.165, 1.54) is 6.21 Å². The van der Waals surface area contributed by atoms with Gasteiger partial charge in [-0.15, -0.1) is 0 Å². The van der Waals surface area contributed by atoms with Crippen LogP contribution in [0, 0.1) is 6.92 Å². The quantitative estimate of drug-likeness (QED) is 0.475. The second kappa shape index (κ2) is 7.89. The Morgan fingerprint density at radius 3 is 2.48 bits per heavy atom. The SMILES string of the molecule is Cc1cc(Br)ccc1NC(=O)C(=O)NN=Cc1ccc(Cl)cc1. The molecular weight excluding hydrogens is 382 g/mol. The summed E-state index contributed by atoms with van der Waals surface area (Å²) in [6.07, 6.45) is 1.42. The summed E-state index contributed by atoms with van der Waals surface area (Å²) in [4.78, 5) is 23.5. The number of benzene rings is 2. The van der Waals surface area contributed by atoms with Crippen molar-refractivity contribution in [3.8, 4) is 0 Å². The molecule has 0 radical (unpaired) electrons. The number of nitrogens with one attached hydrogen (secondary N) is 2. The highest BCUT2D eigenvalue weighted by Crippen LogP contribution is 2.19. The topological polar surface area (TPSA) is 70.6 Å². The van der Waals surface area contributed by atoms with Gasteiger partial charge in [-0.05, 0) is 48.4 Å². The first-order valence-corrected chi connectivity index (χ1v) is 7.79. The van der Waals surface area contributed by atoms with E-state index in [1.807, 2.05) is 13.0 Å². The van der Waals surface area contributed by atoms with E-state index in [1.54, 1.807) is 36.4 Å². The van der Waals surface area contributed by atoms with Crippen LogP contribution in [0.1, 0.15) is 11.1 Å². The van der Waals surface area contributed by atoms with Gasteiger partial charge in [0.25, 0.3) is 0 Å². The van der Waals surface area contributed by atoms with E-state index in [9.17, 15) is 9.59 Å².